The van der Waals surface area contributed by atoms with Crippen molar-refractivity contribution in [2.24, 2.45) is 0 Å². The average molecular weight is 467 g/mol. The third-order valence-corrected chi connectivity index (χ3v) is 8.05. The van der Waals surface area contributed by atoms with Crippen LogP contribution in [-0.4, -0.2) is 15.0 Å². The lowest BCUT2D eigenvalue weighted by molar-refractivity contribution is 1.24. The molecule has 0 saturated carbocycles. The molecule has 0 unspecified atom stereocenters. The predicted octanol–water partition coefficient (Wildman–Crippen LogP) is 6.32. The summed E-state index contributed by atoms with van der Waals surface area (Å²) in [5, 5.41) is 2.10. The third kappa shape index (κ3) is 2.65. The molecule has 0 saturated heterocycles. The fourth-order valence-corrected chi connectivity index (χ4v) is 5.75. The minimum Gasteiger partial charge on any atom is -0.264 e. The maximum absolute atomic E-state index is 4.72. The summed E-state index contributed by atoms with van der Waals surface area (Å²) in [7, 11) is 0. The molecule has 0 radical (unpaired) electrons. The Kier molecular flexibility index (Phi) is 4.05. The molecule has 0 amide bonds. The zero-order chi connectivity index (χ0) is 16.0. The molecule has 0 spiro atoms. The Balaban J connectivity index is 1.94. The first-order chi connectivity index (χ1) is 11.1. The second-order valence-electron chi connectivity index (χ2n) is 4.90. The number of thiazole rings is 1. The van der Waals surface area contributed by atoms with Crippen molar-refractivity contribution in [3.05, 3.63) is 50.7 Å². The summed E-state index contributed by atoms with van der Waals surface area (Å²) in [4.78, 5) is 14.6. The summed E-state index contributed by atoms with van der Waals surface area (Å²) in [6, 6.07) is 5.99. The lowest BCUT2D eigenvalue weighted by Crippen LogP contribution is -1.84. The average Bonchev–Trinajstić information content (AvgIpc) is 3.09. The Bertz CT molecular complexity index is 1010. The Morgan fingerprint density at radius 3 is 2.74 bits per heavy atom. The number of aromatic nitrogens is 3. The van der Waals surface area contributed by atoms with E-state index in [1.807, 2.05) is 37.5 Å². The van der Waals surface area contributed by atoms with E-state index in [1.54, 1.807) is 28.9 Å². The number of fused-ring (bicyclic) bond motifs is 1. The van der Waals surface area contributed by atoms with E-state index < -0.39 is 0 Å². The molecule has 4 heterocycles. The molecule has 0 fully saturated rings. The Morgan fingerprint density at radius 2 is 1.96 bits per heavy atom. The maximum atomic E-state index is 4.72. The van der Waals surface area contributed by atoms with Crippen LogP contribution in [-0.2, 0) is 0 Å². The van der Waals surface area contributed by atoms with Gasteiger partial charge in [-0.3, -0.25) is 9.97 Å². The molecule has 7 heteroatoms. The number of nitrogens with zero attached hydrogens (tertiary/aromatic N) is 3. The fourth-order valence-electron chi connectivity index (χ4n) is 2.38. The van der Waals surface area contributed by atoms with Crippen LogP contribution in [0.5, 0.6) is 0 Å². The van der Waals surface area contributed by atoms with E-state index in [9.17, 15) is 0 Å². The monoisotopic (exact) mass is 465 g/mol. The van der Waals surface area contributed by atoms with Crippen LogP contribution in [0.4, 0.5) is 0 Å². The van der Waals surface area contributed by atoms with E-state index in [-0.39, 0.29) is 0 Å². The van der Waals surface area contributed by atoms with Crippen LogP contribution < -0.4 is 0 Å². The van der Waals surface area contributed by atoms with Crippen molar-refractivity contribution in [1.29, 1.82) is 0 Å². The van der Waals surface area contributed by atoms with Crippen molar-refractivity contribution in [2.45, 2.75) is 6.92 Å². The van der Waals surface area contributed by atoms with E-state index in [1.165, 1.54) is 4.70 Å². The van der Waals surface area contributed by atoms with Crippen molar-refractivity contribution in [1.82, 2.24) is 15.0 Å². The molecule has 0 aliphatic carbocycles. The van der Waals surface area contributed by atoms with Gasteiger partial charge in [0.2, 0.25) is 0 Å². The molecule has 0 atom stereocenters. The lowest BCUT2D eigenvalue weighted by Gasteiger charge is -2.01. The molecule has 0 aromatic carbocycles. The number of rotatable bonds is 2. The van der Waals surface area contributed by atoms with E-state index in [4.69, 9.17) is 4.98 Å². The van der Waals surface area contributed by atoms with Crippen molar-refractivity contribution < 1.29 is 0 Å². The first kappa shape index (κ1) is 15.4. The molecule has 114 valence electrons. The van der Waals surface area contributed by atoms with Gasteiger partial charge in [-0.25, -0.2) is 4.98 Å². The summed E-state index contributed by atoms with van der Waals surface area (Å²) < 4.78 is 3.33. The van der Waals surface area contributed by atoms with Gasteiger partial charge in [0.25, 0.3) is 0 Å². The standard InChI is InChI=1S/C16H9Br2N3S2/c1-8-14(23-16(21-8)9-3-2-5-19-7-9)13-11-10(4-6-20-13)22-15(18)12(11)17/h2-7H,1H3. The van der Waals surface area contributed by atoms with Crippen molar-refractivity contribution in [3.63, 3.8) is 0 Å². The molecule has 3 nitrogen and oxygen atoms in total. The smallest absolute Gasteiger partial charge is 0.125 e. The van der Waals surface area contributed by atoms with Crippen LogP contribution in [0.3, 0.4) is 0 Å². The third-order valence-electron chi connectivity index (χ3n) is 3.42. The minimum absolute atomic E-state index is 0.967. The first-order valence-electron chi connectivity index (χ1n) is 6.76. The molecule has 4 aromatic heterocycles. The van der Waals surface area contributed by atoms with Gasteiger partial charge in [-0.1, -0.05) is 0 Å². The number of hydrogen-bond donors (Lipinski definition) is 0. The zero-order valence-electron chi connectivity index (χ0n) is 11.9. The van der Waals surface area contributed by atoms with E-state index in [2.05, 4.69) is 41.8 Å². The molecule has 23 heavy (non-hydrogen) atoms. The lowest BCUT2D eigenvalue weighted by atomic mass is 10.2. The van der Waals surface area contributed by atoms with Crippen LogP contribution in [0.1, 0.15) is 5.69 Å². The normalized spacial score (nSPS) is 11.3. The predicted molar refractivity (Wildman–Crippen MR) is 104 cm³/mol. The van der Waals surface area contributed by atoms with Crippen molar-refractivity contribution in [2.75, 3.05) is 0 Å². The van der Waals surface area contributed by atoms with Crippen LogP contribution in [0.25, 0.3) is 31.2 Å². The van der Waals surface area contributed by atoms with Gasteiger partial charge in [0.1, 0.15) is 5.01 Å². The van der Waals surface area contributed by atoms with Crippen molar-refractivity contribution in [3.8, 4) is 21.1 Å². The summed E-state index contributed by atoms with van der Waals surface area (Å²) in [5.41, 5.74) is 2.99. The number of thiophene rings is 1. The molecule has 0 bridgehead atoms. The van der Waals surface area contributed by atoms with E-state index >= 15 is 0 Å². The van der Waals surface area contributed by atoms with Gasteiger partial charge < -0.3 is 0 Å². The first-order valence-corrected chi connectivity index (χ1v) is 9.97. The summed E-state index contributed by atoms with van der Waals surface area (Å²) in [6.45, 7) is 2.03. The van der Waals surface area contributed by atoms with Crippen molar-refractivity contribution >= 4 is 64.6 Å². The quantitative estimate of drug-likeness (QED) is 0.347. The topological polar surface area (TPSA) is 38.7 Å². The van der Waals surface area contributed by atoms with E-state index in [0.29, 0.717) is 0 Å². The Morgan fingerprint density at radius 1 is 1.09 bits per heavy atom. The highest BCUT2D eigenvalue weighted by Gasteiger charge is 2.19. The summed E-state index contributed by atoms with van der Waals surface area (Å²) >= 11 is 10.6. The maximum Gasteiger partial charge on any atom is 0.125 e. The van der Waals surface area contributed by atoms with Gasteiger partial charge in [0, 0.05) is 34.2 Å². The van der Waals surface area contributed by atoms with Crippen LogP contribution in [0.2, 0.25) is 0 Å². The SMILES string of the molecule is Cc1nc(-c2cccnc2)sc1-c1nccc2sc(Br)c(Br)c12. The zero-order valence-corrected chi connectivity index (χ0v) is 16.7. The Labute approximate surface area is 157 Å². The van der Waals surface area contributed by atoms with Gasteiger partial charge in [-0.15, -0.1) is 22.7 Å². The van der Waals surface area contributed by atoms with Gasteiger partial charge >= 0.3 is 0 Å². The number of aryl methyl sites for hydroxylation is 1. The van der Waals surface area contributed by atoms with Gasteiger partial charge in [-0.05, 0) is 57.0 Å². The molecule has 4 aromatic rings. The summed E-state index contributed by atoms with van der Waals surface area (Å²) in [6.07, 6.45) is 5.47. The largest absolute Gasteiger partial charge is 0.264 e. The molecule has 0 N–H and O–H groups in total. The molecule has 4 rings (SSSR count). The second kappa shape index (κ2) is 6.05. The summed E-state index contributed by atoms with van der Waals surface area (Å²) in [5.74, 6) is 0. The van der Waals surface area contributed by atoms with Crippen LogP contribution >= 0.6 is 54.5 Å². The molecular weight excluding hydrogens is 458 g/mol. The highest BCUT2D eigenvalue weighted by Crippen LogP contribution is 2.45. The number of halogens is 2. The highest BCUT2D eigenvalue weighted by atomic mass is 79.9. The number of pyridine rings is 2. The molecular formula is C16H9Br2N3S2. The minimum atomic E-state index is 0.967. The van der Waals surface area contributed by atoms with Crippen LogP contribution in [0.15, 0.2) is 45.0 Å². The fraction of sp³-hybridized carbons (Fsp3) is 0.0625. The highest BCUT2D eigenvalue weighted by molar-refractivity contribution is 9.13. The molecule has 0 aliphatic rings. The van der Waals surface area contributed by atoms with Crippen LogP contribution in [0, 0.1) is 6.92 Å². The molecule has 0 aliphatic heterocycles. The van der Waals surface area contributed by atoms with Gasteiger partial charge in [0.05, 0.1) is 24.5 Å². The van der Waals surface area contributed by atoms with Gasteiger partial charge in [-0.2, -0.15) is 0 Å². The number of hydrogen-bond acceptors (Lipinski definition) is 5. The van der Waals surface area contributed by atoms with E-state index in [0.717, 1.165) is 40.5 Å². The Hall–Kier alpha value is -1.15. The second-order valence-corrected chi connectivity index (χ2v) is 9.06. The van der Waals surface area contributed by atoms with Gasteiger partial charge in [0.15, 0.2) is 0 Å².